The molecule has 1 saturated heterocycles. The zero-order chi connectivity index (χ0) is 17.8. The van der Waals surface area contributed by atoms with Crippen LogP contribution in [0.4, 0.5) is 0 Å². The number of benzene rings is 1. The number of hydrogen-bond donors (Lipinski definition) is 2. The zero-order valence-electron chi connectivity index (χ0n) is 13.9. The van der Waals surface area contributed by atoms with Crippen molar-refractivity contribution in [3.05, 3.63) is 41.5 Å². The summed E-state index contributed by atoms with van der Waals surface area (Å²) in [6, 6.07) is 6.48. The number of rotatable bonds is 9. The number of ether oxygens (including phenoxy) is 1. The first-order valence-corrected chi connectivity index (χ1v) is 9.25. The van der Waals surface area contributed by atoms with Crippen molar-refractivity contribution in [2.75, 3.05) is 19.8 Å². The Morgan fingerprint density at radius 1 is 1.33 bits per heavy atom. The van der Waals surface area contributed by atoms with Crippen LogP contribution in [0.3, 0.4) is 0 Å². The van der Waals surface area contributed by atoms with Crippen LogP contribution in [0.25, 0.3) is 0 Å². The summed E-state index contributed by atoms with van der Waals surface area (Å²) in [5, 5.41) is 18.0. The first-order valence-electron chi connectivity index (χ1n) is 7.84. The van der Waals surface area contributed by atoms with E-state index in [9.17, 15) is 8.42 Å². The normalized spacial score (nSPS) is 24.2. The number of epoxide rings is 1. The Hall–Kier alpha value is -1.25. The molecule has 2 rings (SSSR count). The monoisotopic (exact) mass is 356 g/mol. The first-order chi connectivity index (χ1) is 11.3. The number of aliphatic hydroxyl groups excluding tert-OH is 2. The molecule has 0 radical (unpaired) electrons. The van der Waals surface area contributed by atoms with Crippen LogP contribution < -0.4 is 0 Å². The fourth-order valence-corrected chi connectivity index (χ4v) is 3.44. The summed E-state index contributed by atoms with van der Waals surface area (Å²) < 4.78 is 35.1. The maximum absolute atomic E-state index is 12.2. The van der Waals surface area contributed by atoms with Crippen molar-refractivity contribution in [3.8, 4) is 0 Å². The predicted molar refractivity (Wildman–Crippen MR) is 89.1 cm³/mol. The van der Waals surface area contributed by atoms with E-state index >= 15 is 0 Å². The lowest BCUT2D eigenvalue weighted by molar-refractivity contribution is 0.205. The summed E-state index contributed by atoms with van der Waals surface area (Å²) in [7, 11) is -3.80. The van der Waals surface area contributed by atoms with Gasteiger partial charge in [0.15, 0.2) is 0 Å². The van der Waals surface area contributed by atoms with Crippen molar-refractivity contribution in [1.29, 1.82) is 0 Å². The van der Waals surface area contributed by atoms with E-state index in [2.05, 4.69) is 0 Å². The van der Waals surface area contributed by atoms with Gasteiger partial charge in [0.25, 0.3) is 10.1 Å². The molecular weight excluding hydrogens is 332 g/mol. The molecule has 24 heavy (non-hydrogen) atoms. The lowest BCUT2D eigenvalue weighted by Gasteiger charge is -2.09. The molecule has 1 aliphatic heterocycles. The number of aliphatic hydroxyl groups is 2. The standard InChI is InChI=1S/C17H24O6S/c1-13-3-6-15(7-4-13)24(20,21)22-12-17(2)16(23-17)8-5-14(11-19)9-10-18/h3-4,6-7,9,16,18-19H,5,8,10-12H2,1-2H3/b14-9+. The molecule has 1 heterocycles. The lowest BCUT2D eigenvalue weighted by atomic mass is 10.0. The van der Waals surface area contributed by atoms with Gasteiger partial charge in [0.1, 0.15) is 5.60 Å². The van der Waals surface area contributed by atoms with E-state index in [1.54, 1.807) is 25.1 Å². The van der Waals surface area contributed by atoms with E-state index in [-0.39, 0.29) is 30.8 Å². The minimum absolute atomic E-state index is 0.0496. The molecule has 0 saturated carbocycles. The molecule has 1 aliphatic rings. The fraction of sp³-hybridized carbons (Fsp3) is 0.529. The van der Waals surface area contributed by atoms with E-state index in [0.29, 0.717) is 12.8 Å². The van der Waals surface area contributed by atoms with Gasteiger partial charge >= 0.3 is 0 Å². The summed E-state index contributed by atoms with van der Waals surface area (Å²) in [5.74, 6) is 0. The Kier molecular flexibility index (Phi) is 6.17. The van der Waals surface area contributed by atoms with Crippen molar-refractivity contribution < 1.29 is 27.6 Å². The second kappa shape index (κ2) is 7.76. The van der Waals surface area contributed by atoms with Gasteiger partial charge in [-0.1, -0.05) is 23.8 Å². The van der Waals surface area contributed by atoms with E-state index in [1.807, 2.05) is 6.92 Å². The largest absolute Gasteiger partial charge is 0.392 e. The SMILES string of the molecule is Cc1ccc(S(=O)(=O)OCC2(C)OC2CC/C(=C\CO)CO)cc1. The molecule has 0 aliphatic carbocycles. The summed E-state index contributed by atoms with van der Waals surface area (Å²) in [6.07, 6.45) is 2.66. The van der Waals surface area contributed by atoms with Gasteiger partial charge in [0.2, 0.25) is 0 Å². The molecule has 6 nitrogen and oxygen atoms in total. The van der Waals surface area contributed by atoms with E-state index in [1.165, 1.54) is 12.1 Å². The third-order valence-corrected chi connectivity index (χ3v) is 5.43. The Bertz CT molecular complexity index is 680. The molecule has 1 aromatic carbocycles. The average molecular weight is 356 g/mol. The molecule has 1 aromatic rings. The highest BCUT2D eigenvalue weighted by Crippen LogP contribution is 2.40. The van der Waals surface area contributed by atoms with Gasteiger partial charge in [0, 0.05) is 0 Å². The van der Waals surface area contributed by atoms with Crippen LogP contribution in [0.1, 0.15) is 25.3 Å². The van der Waals surface area contributed by atoms with Gasteiger partial charge in [-0.2, -0.15) is 8.42 Å². The molecule has 2 atom stereocenters. The van der Waals surface area contributed by atoms with Gasteiger partial charge in [-0.3, -0.25) is 4.18 Å². The van der Waals surface area contributed by atoms with Crippen LogP contribution in [-0.2, 0) is 19.0 Å². The fourth-order valence-electron chi connectivity index (χ4n) is 2.44. The molecule has 0 spiro atoms. The average Bonchev–Trinajstić information content (AvgIpc) is 3.21. The quantitative estimate of drug-likeness (QED) is 0.396. The Balaban J connectivity index is 1.86. The third kappa shape index (κ3) is 4.87. The molecule has 1 fully saturated rings. The molecule has 2 N–H and O–H groups in total. The van der Waals surface area contributed by atoms with E-state index < -0.39 is 15.7 Å². The van der Waals surface area contributed by atoms with Crippen molar-refractivity contribution in [3.63, 3.8) is 0 Å². The Morgan fingerprint density at radius 3 is 2.58 bits per heavy atom. The van der Waals surface area contributed by atoms with Crippen LogP contribution >= 0.6 is 0 Å². The minimum atomic E-state index is -3.80. The molecule has 2 unspecified atom stereocenters. The third-order valence-electron chi connectivity index (χ3n) is 4.16. The number of aryl methyl sites for hydroxylation is 1. The highest BCUT2D eigenvalue weighted by Gasteiger charge is 2.52. The molecule has 134 valence electrons. The smallest absolute Gasteiger partial charge is 0.297 e. The minimum Gasteiger partial charge on any atom is -0.392 e. The van der Waals surface area contributed by atoms with E-state index in [4.69, 9.17) is 19.1 Å². The van der Waals surface area contributed by atoms with Gasteiger partial charge in [-0.15, -0.1) is 0 Å². The van der Waals surface area contributed by atoms with Gasteiger partial charge < -0.3 is 14.9 Å². The zero-order valence-corrected chi connectivity index (χ0v) is 14.8. The summed E-state index contributed by atoms with van der Waals surface area (Å²) in [4.78, 5) is 0.127. The first kappa shape index (κ1) is 19.1. The summed E-state index contributed by atoms with van der Waals surface area (Å²) in [5.41, 5.74) is 1.07. The molecule has 7 heteroatoms. The van der Waals surface area contributed by atoms with Crippen LogP contribution in [0, 0.1) is 6.92 Å². The Labute approximate surface area is 142 Å². The maximum Gasteiger partial charge on any atom is 0.297 e. The van der Waals surface area contributed by atoms with Crippen LogP contribution in [0.5, 0.6) is 0 Å². The van der Waals surface area contributed by atoms with Crippen molar-refractivity contribution in [2.24, 2.45) is 0 Å². The summed E-state index contributed by atoms with van der Waals surface area (Å²) in [6.45, 7) is 3.41. The van der Waals surface area contributed by atoms with Crippen LogP contribution in [0.2, 0.25) is 0 Å². The molecule has 0 aromatic heterocycles. The lowest BCUT2D eigenvalue weighted by Crippen LogP contribution is -2.21. The van der Waals surface area contributed by atoms with Crippen molar-refractivity contribution in [2.45, 2.75) is 43.3 Å². The highest BCUT2D eigenvalue weighted by atomic mass is 32.2. The van der Waals surface area contributed by atoms with Crippen molar-refractivity contribution >= 4 is 10.1 Å². The van der Waals surface area contributed by atoms with Crippen LogP contribution in [0.15, 0.2) is 40.8 Å². The highest BCUT2D eigenvalue weighted by molar-refractivity contribution is 7.86. The molecule has 0 bridgehead atoms. The Morgan fingerprint density at radius 2 is 2.00 bits per heavy atom. The second-order valence-corrected chi connectivity index (χ2v) is 7.81. The molecular formula is C17H24O6S. The summed E-state index contributed by atoms with van der Waals surface area (Å²) >= 11 is 0. The maximum atomic E-state index is 12.2. The van der Waals surface area contributed by atoms with Crippen LogP contribution in [-0.4, -0.2) is 50.2 Å². The number of hydrogen-bond acceptors (Lipinski definition) is 6. The van der Waals surface area contributed by atoms with Crippen molar-refractivity contribution in [1.82, 2.24) is 0 Å². The molecule has 0 amide bonds. The second-order valence-electron chi connectivity index (χ2n) is 6.19. The van der Waals surface area contributed by atoms with Gasteiger partial charge in [-0.05, 0) is 44.4 Å². The van der Waals surface area contributed by atoms with E-state index in [0.717, 1.165) is 11.1 Å². The van der Waals surface area contributed by atoms with Gasteiger partial charge in [-0.25, -0.2) is 0 Å². The van der Waals surface area contributed by atoms with Gasteiger partial charge in [0.05, 0.1) is 30.8 Å². The predicted octanol–water partition coefficient (Wildman–Crippen LogP) is 1.55. The topological polar surface area (TPSA) is 96.4 Å².